The molecule has 1 fully saturated rings. The highest BCUT2D eigenvalue weighted by molar-refractivity contribution is 5.78. The Labute approximate surface area is 126 Å². The fraction of sp³-hybridized carbons (Fsp3) is 0.562. The van der Waals surface area contributed by atoms with Gasteiger partial charge in [-0.2, -0.15) is 0 Å². The molecule has 0 spiro atoms. The minimum atomic E-state index is 0.0514. The summed E-state index contributed by atoms with van der Waals surface area (Å²) in [6.45, 7) is 6.73. The van der Waals surface area contributed by atoms with Crippen LogP contribution in [-0.4, -0.2) is 55.8 Å². The number of hydrogen-bond acceptors (Lipinski definition) is 4. The largest absolute Gasteiger partial charge is 0.491 e. The van der Waals surface area contributed by atoms with Gasteiger partial charge in [0, 0.05) is 25.2 Å². The van der Waals surface area contributed by atoms with E-state index in [-0.39, 0.29) is 18.6 Å². The minimum absolute atomic E-state index is 0.0514. The first kappa shape index (κ1) is 15.8. The van der Waals surface area contributed by atoms with Crippen molar-refractivity contribution >= 4 is 5.91 Å². The fourth-order valence-electron chi connectivity index (χ4n) is 2.39. The standard InChI is InChI=1S/C16H24N2O3/c1-13-14(2)18(9-8-17-13)16(19)12-20-10-11-21-15-6-4-3-5-7-15/h3-7,13-14,17H,8-12H2,1-2H3. The molecule has 21 heavy (non-hydrogen) atoms. The zero-order valence-electron chi connectivity index (χ0n) is 12.7. The molecule has 1 aromatic carbocycles. The molecule has 2 unspecified atom stereocenters. The Balaban J connectivity index is 1.63. The summed E-state index contributed by atoms with van der Waals surface area (Å²) in [5.41, 5.74) is 0. The molecular formula is C16H24N2O3. The van der Waals surface area contributed by atoms with Crippen molar-refractivity contribution in [3.05, 3.63) is 30.3 Å². The van der Waals surface area contributed by atoms with E-state index in [4.69, 9.17) is 9.47 Å². The number of nitrogens with one attached hydrogen (secondary N) is 1. The van der Waals surface area contributed by atoms with Crippen molar-refractivity contribution in [1.29, 1.82) is 0 Å². The van der Waals surface area contributed by atoms with E-state index in [0.717, 1.165) is 18.8 Å². The Bertz CT molecular complexity index is 438. The summed E-state index contributed by atoms with van der Waals surface area (Å²) in [5, 5.41) is 3.36. The van der Waals surface area contributed by atoms with Crippen molar-refractivity contribution in [2.24, 2.45) is 0 Å². The first-order chi connectivity index (χ1) is 10.2. The number of ether oxygens (including phenoxy) is 2. The maximum atomic E-state index is 12.1. The van der Waals surface area contributed by atoms with E-state index >= 15 is 0 Å². The van der Waals surface area contributed by atoms with Gasteiger partial charge in [-0.3, -0.25) is 4.79 Å². The summed E-state index contributed by atoms with van der Waals surface area (Å²) in [6.07, 6.45) is 0. The molecular weight excluding hydrogens is 268 g/mol. The molecule has 1 amide bonds. The van der Waals surface area contributed by atoms with Gasteiger partial charge in [0.25, 0.3) is 0 Å². The molecule has 0 radical (unpaired) electrons. The summed E-state index contributed by atoms with van der Waals surface area (Å²) < 4.78 is 10.9. The predicted molar refractivity (Wildman–Crippen MR) is 81.4 cm³/mol. The average Bonchev–Trinajstić information content (AvgIpc) is 2.50. The molecule has 1 heterocycles. The van der Waals surface area contributed by atoms with Crippen molar-refractivity contribution < 1.29 is 14.3 Å². The summed E-state index contributed by atoms with van der Waals surface area (Å²) in [4.78, 5) is 14.0. The highest BCUT2D eigenvalue weighted by Crippen LogP contribution is 2.09. The van der Waals surface area contributed by atoms with Crippen LogP contribution in [0.3, 0.4) is 0 Å². The number of piperazine rings is 1. The molecule has 2 atom stereocenters. The predicted octanol–water partition coefficient (Wildman–Crippen LogP) is 1.29. The summed E-state index contributed by atoms with van der Waals surface area (Å²) >= 11 is 0. The molecule has 1 aliphatic heterocycles. The monoisotopic (exact) mass is 292 g/mol. The topological polar surface area (TPSA) is 50.8 Å². The second-order valence-electron chi connectivity index (χ2n) is 5.28. The molecule has 2 rings (SSSR count). The maximum absolute atomic E-state index is 12.1. The van der Waals surface area contributed by atoms with Gasteiger partial charge in [-0.1, -0.05) is 18.2 Å². The van der Waals surface area contributed by atoms with Crippen LogP contribution in [0.5, 0.6) is 5.75 Å². The van der Waals surface area contributed by atoms with Crippen LogP contribution in [-0.2, 0) is 9.53 Å². The van der Waals surface area contributed by atoms with Gasteiger partial charge in [-0.15, -0.1) is 0 Å². The molecule has 0 saturated carbocycles. The first-order valence-corrected chi connectivity index (χ1v) is 7.47. The van der Waals surface area contributed by atoms with Crippen molar-refractivity contribution in [3.8, 4) is 5.75 Å². The Morgan fingerprint density at radius 2 is 2.05 bits per heavy atom. The highest BCUT2D eigenvalue weighted by atomic mass is 16.5. The van der Waals surface area contributed by atoms with Crippen LogP contribution >= 0.6 is 0 Å². The van der Waals surface area contributed by atoms with E-state index in [9.17, 15) is 4.79 Å². The van der Waals surface area contributed by atoms with Crippen LogP contribution in [0.25, 0.3) is 0 Å². The fourth-order valence-corrected chi connectivity index (χ4v) is 2.39. The van der Waals surface area contributed by atoms with E-state index in [2.05, 4.69) is 19.2 Å². The summed E-state index contributed by atoms with van der Waals surface area (Å²) in [7, 11) is 0. The van der Waals surface area contributed by atoms with E-state index in [1.54, 1.807) is 0 Å². The van der Waals surface area contributed by atoms with Gasteiger partial charge in [0.1, 0.15) is 19.0 Å². The molecule has 5 heteroatoms. The molecule has 1 aliphatic rings. The maximum Gasteiger partial charge on any atom is 0.248 e. The van der Waals surface area contributed by atoms with Crippen LogP contribution < -0.4 is 10.1 Å². The third-order valence-corrected chi connectivity index (χ3v) is 3.82. The molecule has 5 nitrogen and oxygen atoms in total. The quantitative estimate of drug-likeness (QED) is 0.803. The van der Waals surface area contributed by atoms with Crippen LogP contribution in [0, 0.1) is 0 Å². The first-order valence-electron chi connectivity index (χ1n) is 7.47. The molecule has 116 valence electrons. The highest BCUT2D eigenvalue weighted by Gasteiger charge is 2.27. The second-order valence-corrected chi connectivity index (χ2v) is 5.28. The molecule has 0 aromatic heterocycles. The third-order valence-electron chi connectivity index (χ3n) is 3.82. The van der Waals surface area contributed by atoms with Crippen LogP contribution in [0.4, 0.5) is 0 Å². The van der Waals surface area contributed by atoms with E-state index in [0.29, 0.717) is 19.3 Å². The van der Waals surface area contributed by atoms with Gasteiger partial charge >= 0.3 is 0 Å². The summed E-state index contributed by atoms with van der Waals surface area (Å²) in [6, 6.07) is 10.1. The summed E-state index contributed by atoms with van der Waals surface area (Å²) in [5.74, 6) is 0.868. The molecule has 1 saturated heterocycles. The number of carbonyl (C=O) groups excluding carboxylic acids is 1. The average molecular weight is 292 g/mol. The number of benzene rings is 1. The SMILES string of the molecule is CC1NCCN(C(=O)COCCOc2ccccc2)C1C. The molecule has 1 aromatic rings. The number of hydrogen-bond donors (Lipinski definition) is 1. The minimum Gasteiger partial charge on any atom is -0.491 e. The van der Waals surface area contributed by atoms with Gasteiger partial charge in [-0.25, -0.2) is 0 Å². The zero-order chi connectivity index (χ0) is 15.1. The Morgan fingerprint density at radius 3 is 2.81 bits per heavy atom. The van der Waals surface area contributed by atoms with Crippen LogP contribution in [0.1, 0.15) is 13.8 Å². The van der Waals surface area contributed by atoms with E-state index in [1.165, 1.54) is 0 Å². The van der Waals surface area contributed by atoms with Gasteiger partial charge in [0.15, 0.2) is 0 Å². The van der Waals surface area contributed by atoms with E-state index in [1.807, 2.05) is 35.2 Å². The molecule has 1 N–H and O–H groups in total. The third kappa shape index (κ3) is 4.72. The van der Waals surface area contributed by atoms with Gasteiger partial charge in [0.05, 0.1) is 6.61 Å². The lowest BCUT2D eigenvalue weighted by Crippen LogP contribution is -2.57. The number of rotatable bonds is 6. The van der Waals surface area contributed by atoms with Crippen molar-refractivity contribution in [2.75, 3.05) is 32.9 Å². The molecule has 0 bridgehead atoms. The lowest BCUT2D eigenvalue weighted by molar-refractivity contribution is -0.140. The van der Waals surface area contributed by atoms with Gasteiger partial charge in [-0.05, 0) is 26.0 Å². The van der Waals surface area contributed by atoms with Crippen molar-refractivity contribution in [3.63, 3.8) is 0 Å². The normalized spacial score (nSPS) is 22.1. The number of amides is 1. The lowest BCUT2D eigenvalue weighted by Gasteiger charge is -2.38. The smallest absolute Gasteiger partial charge is 0.248 e. The Kier molecular flexibility index (Phi) is 6.02. The van der Waals surface area contributed by atoms with Crippen LogP contribution in [0.2, 0.25) is 0 Å². The number of carbonyl (C=O) groups is 1. The van der Waals surface area contributed by atoms with Crippen molar-refractivity contribution in [1.82, 2.24) is 10.2 Å². The Hall–Kier alpha value is -1.59. The van der Waals surface area contributed by atoms with Gasteiger partial charge < -0.3 is 19.7 Å². The second kappa shape index (κ2) is 8.00. The van der Waals surface area contributed by atoms with Crippen molar-refractivity contribution in [2.45, 2.75) is 25.9 Å². The number of nitrogens with zero attached hydrogens (tertiary/aromatic N) is 1. The van der Waals surface area contributed by atoms with Crippen LogP contribution in [0.15, 0.2) is 30.3 Å². The lowest BCUT2D eigenvalue weighted by atomic mass is 10.1. The van der Waals surface area contributed by atoms with E-state index < -0.39 is 0 Å². The van der Waals surface area contributed by atoms with Gasteiger partial charge in [0.2, 0.25) is 5.91 Å². The number of para-hydroxylation sites is 1. The zero-order valence-corrected chi connectivity index (χ0v) is 12.7. The molecule has 0 aliphatic carbocycles. The Morgan fingerprint density at radius 1 is 1.29 bits per heavy atom.